The van der Waals surface area contributed by atoms with E-state index in [0.717, 1.165) is 50.0 Å². The third-order valence-corrected chi connectivity index (χ3v) is 6.50. The lowest BCUT2D eigenvalue weighted by Crippen LogP contribution is -2.49. The molecule has 0 unspecified atom stereocenters. The predicted octanol–water partition coefficient (Wildman–Crippen LogP) is 0.989. The lowest BCUT2D eigenvalue weighted by molar-refractivity contribution is -0.138. The highest BCUT2D eigenvalue weighted by molar-refractivity contribution is 7.11. The van der Waals surface area contributed by atoms with Crippen LogP contribution in [0.4, 0.5) is 0 Å². The van der Waals surface area contributed by atoms with Crippen LogP contribution in [0.5, 0.6) is 0 Å². The number of ether oxygens (including phenoxy) is 1. The number of hydrogen-bond donors (Lipinski definition) is 1. The summed E-state index contributed by atoms with van der Waals surface area (Å²) in [5.41, 5.74) is 1.07. The first-order chi connectivity index (χ1) is 13.0. The molecule has 0 spiro atoms. The van der Waals surface area contributed by atoms with Gasteiger partial charge >= 0.3 is 0 Å². The topological polar surface area (TPSA) is 74.8 Å². The molecule has 3 rings (SSSR count). The maximum atomic E-state index is 12.5. The number of aromatic nitrogens is 1. The number of rotatable bonds is 7. The second-order valence-electron chi connectivity index (χ2n) is 7.32. The van der Waals surface area contributed by atoms with E-state index >= 15 is 0 Å². The number of carbonyl (C=O) groups is 2. The quantitative estimate of drug-likeness (QED) is 0.747. The van der Waals surface area contributed by atoms with Crippen molar-refractivity contribution in [1.29, 1.82) is 0 Å². The molecule has 1 aromatic heterocycles. The standard InChI is InChI=1S/C19H30N4O3S/c1-14-15(2)27-17(21-14)5-6-20-19(25)16-3-4-18(24)23(13-16)8-7-22-9-11-26-12-10-22/h16H,3-13H2,1-2H3,(H,20,25)/t16-/m0/s1. The Balaban J connectivity index is 1.41. The van der Waals surface area contributed by atoms with Crippen molar-refractivity contribution in [1.82, 2.24) is 20.1 Å². The maximum Gasteiger partial charge on any atom is 0.224 e. The highest BCUT2D eigenvalue weighted by Crippen LogP contribution is 2.19. The van der Waals surface area contributed by atoms with Crippen molar-refractivity contribution < 1.29 is 14.3 Å². The lowest BCUT2D eigenvalue weighted by atomic mass is 9.96. The number of likely N-dealkylation sites (tertiary alicyclic amines) is 1. The Morgan fingerprint density at radius 1 is 1.30 bits per heavy atom. The number of hydrogen-bond acceptors (Lipinski definition) is 6. The van der Waals surface area contributed by atoms with Crippen LogP contribution in [0.2, 0.25) is 0 Å². The second-order valence-corrected chi connectivity index (χ2v) is 8.61. The van der Waals surface area contributed by atoms with Crippen LogP contribution in [0, 0.1) is 19.8 Å². The molecule has 1 atom stereocenters. The van der Waals surface area contributed by atoms with Gasteiger partial charge in [0, 0.05) is 57.0 Å². The predicted molar refractivity (Wildman–Crippen MR) is 105 cm³/mol. The summed E-state index contributed by atoms with van der Waals surface area (Å²) in [5, 5.41) is 4.10. The van der Waals surface area contributed by atoms with Gasteiger partial charge in [-0.15, -0.1) is 11.3 Å². The number of piperidine rings is 1. The zero-order valence-corrected chi connectivity index (χ0v) is 17.1. The minimum atomic E-state index is -0.104. The van der Waals surface area contributed by atoms with Crippen LogP contribution in [-0.2, 0) is 20.7 Å². The number of carbonyl (C=O) groups excluding carboxylic acids is 2. The van der Waals surface area contributed by atoms with E-state index in [-0.39, 0.29) is 17.7 Å². The van der Waals surface area contributed by atoms with Crippen LogP contribution >= 0.6 is 11.3 Å². The summed E-state index contributed by atoms with van der Waals surface area (Å²) in [6.45, 7) is 10.1. The van der Waals surface area contributed by atoms with Crippen molar-refractivity contribution in [3.05, 3.63) is 15.6 Å². The largest absolute Gasteiger partial charge is 0.379 e. The lowest BCUT2D eigenvalue weighted by Gasteiger charge is -2.34. The molecule has 2 saturated heterocycles. The highest BCUT2D eigenvalue weighted by Gasteiger charge is 2.30. The first-order valence-electron chi connectivity index (χ1n) is 9.81. The Kier molecular flexibility index (Phi) is 7.20. The molecule has 0 aliphatic carbocycles. The van der Waals surface area contributed by atoms with Crippen molar-refractivity contribution in [2.75, 3.05) is 52.5 Å². The van der Waals surface area contributed by atoms with E-state index in [0.29, 0.717) is 32.5 Å². The molecule has 27 heavy (non-hydrogen) atoms. The Morgan fingerprint density at radius 2 is 2.07 bits per heavy atom. The van der Waals surface area contributed by atoms with Crippen LogP contribution in [0.1, 0.15) is 28.4 Å². The average molecular weight is 395 g/mol. The Labute approximate surface area is 165 Å². The fourth-order valence-electron chi connectivity index (χ4n) is 3.51. The molecule has 0 bridgehead atoms. The fourth-order valence-corrected chi connectivity index (χ4v) is 4.45. The van der Waals surface area contributed by atoms with Crippen molar-refractivity contribution in [2.24, 2.45) is 5.92 Å². The van der Waals surface area contributed by atoms with Gasteiger partial charge in [0.15, 0.2) is 0 Å². The molecule has 0 saturated carbocycles. The van der Waals surface area contributed by atoms with Gasteiger partial charge in [-0.05, 0) is 20.3 Å². The number of nitrogens with zero attached hydrogens (tertiary/aromatic N) is 3. The SMILES string of the molecule is Cc1nc(CCNC(=O)[C@H]2CCC(=O)N(CCN3CCOCC3)C2)sc1C. The van der Waals surface area contributed by atoms with Gasteiger partial charge < -0.3 is 15.0 Å². The molecule has 150 valence electrons. The minimum Gasteiger partial charge on any atom is -0.379 e. The summed E-state index contributed by atoms with van der Waals surface area (Å²) >= 11 is 1.69. The van der Waals surface area contributed by atoms with Gasteiger partial charge in [0.05, 0.1) is 29.8 Å². The van der Waals surface area contributed by atoms with Crippen molar-refractivity contribution >= 4 is 23.2 Å². The number of nitrogens with one attached hydrogen (secondary N) is 1. The first kappa shape index (κ1) is 20.2. The molecule has 0 aromatic carbocycles. The number of amides is 2. The molecule has 1 aromatic rings. The van der Waals surface area contributed by atoms with E-state index in [4.69, 9.17) is 4.74 Å². The summed E-state index contributed by atoms with van der Waals surface area (Å²) in [4.78, 5) is 34.7. The molecule has 2 aliphatic rings. The van der Waals surface area contributed by atoms with Crippen LogP contribution in [0.15, 0.2) is 0 Å². The fraction of sp³-hybridized carbons (Fsp3) is 0.737. The summed E-state index contributed by atoms with van der Waals surface area (Å²) in [6.07, 6.45) is 1.87. The zero-order valence-electron chi connectivity index (χ0n) is 16.3. The van der Waals surface area contributed by atoms with Gasteiger partial charge in [-0.2, -0.15) is 0 Å². The third kappa shape index (κ3) is 5.73. The zero-order chi connectivity index (χ0) is 19.2. The molecule has 2 amide bonds. The summed E-state index contributed by atoms with van der Waals surface area (Å²) in [5.74, 6) is 0.122. The number of morpholine rings is 1. The average Bonchev–Trinajstić information content (AvgIpc) is 2.99. The number of thiazole rings is 1. The Morgan fingerprint density at radius 3 is 2.78 bits per heavy atom. The molecular weight excluding hydrogens is 364 g/mol. The summed E-state index contributed by atoms with van der Waals surface area (Å²) in [6, 6.07) is 0. The second kappa shape index (κ2) is 9.61. The molecule has 2 fully saturated rings. The first-order valence-corrected chi connectivity index (χ1v) is 10.6. The normalized spacial score (nSPS) is 21.5. The monoisotopic (exact) mass is 394 g/mol. The highest BCUT2D eigenvalue weighted by atomic mass is 32.1. The smallest absolute Gasteiger partial charge is 0.224 e. The van der Waals surface area contributed by atoms with Gasteiger partial charge in [-0.25, -0.2) is 4.98 Å². The molecule has 3 heterocycles. The summed E-state index contributed by atoms with van der Waals surface area (Å²) in [7, 11) is 0. The van der Waals surface area contributed by atoms with E-state index in [1.54, 1.807) is 11.3 Å². The number of aryl methyl sites for hydroxylation is 2. The van der Waals surface area contributed by atoms with E-state index in [2.05, 4.69) is 22.1 Å². The van der Waals surface area contributed by atoms with Gasteiger partial charge in [-0.3, -0.25) is 14.5 Å². The van der Waals surface area contributed by atoms with Crippen molar-refractivity contribution in [2.45, 2.75) is 33.1 Å². The third-order valence-electron chi connectivity index (χ3n) is 5.37. The van der Waals surface area contributed by atoms with Crippen molar-refractivity contribution in [3.8, 4) is 0 Å². The molecule has 8 heteroatoms. The van der Waals surface area contributed by atoms with Gasteiger partial charge in [0.1, 0.15) is 0 Å². The molecule has 1 N–H and O–H groups in total. The summed E-state index contributed by atoms with van der Waals surface area (Å²) < 4.78 is 5.36. The van der Waals surface area contributed by atoms with E-state index in [9.17, 15) is 9.59 Å². The van der Waals surface area contributed by atoms with Gasteiger partial charge in [0.25, 0.3) is 0 Å². The van der Waals surface area contributed by atoms with Crippen LogP contribution < -0.4 is 5.32 Å². The van der Waals surface area contributed by atoms with Crippen molar-refractivity contribution in [3.63, 3.8) is 0 Å². The minimum absolute atomic E-state index is 0.0591. The van der Waals surface area contributed by atoms with E-state index in [1.807, 2.05) is 11.8 Å². The van der Waals surface area contributed by atoms with Crippen LogP contribution in [0.25, 0.3) is 0 Å². The molecule has 0 radical (unpaired) electrons. The Bertz CT molecular complexity index is 638. The molecule has 2 aliphatic heterocycles. The van der Waals surface area contributed by atoms with Gasteiger partial charge in [-0.1, -0.05) is 0 Å². The maximum absolute atomic E-state index is 12.5. The van der Waals surface area contributed by atoms with Crippen LogP contribution in [0.3, 0.4) is 0 Å². The Hall–Kier alpha value is -1.51. The molecule has 7 nitrogen and oxygen atoms in total. The molecular formula is C19H30N4O3S. The van der Waals surface area contributed by atoms with Crippen LogP contribution in [-0.4, -0.2) is 79.1 Å². The van der Waals surface area contributed by atoms with E-state index < -0.39 is 0 Å². The van der Waals surface area contributed by atoms with Gasteiger partial charge in [0.2, 0.25) is 11.8 Å². The van der Waals surface area contributed by atoms with E-state index in [1.165, 1.54) is 4.88 Å².